The van der Waals surface area contributed by atoms with Crippen molar-refractivity contribution in [3.63, 3.8) is 0 Å². The molecule has 0 atom stereocenters. The molecule has 4 nitrogen and oxygen atoms in total. The summed E-state index contributed by atoms with van der Waals surface area (Å²) in [6.45, 7) is 2.08. The first kappa shape index (κ1) is 13.0. The SMILES string of the molecule is OC1(C2CC2)CN(Cc2coc(-c3cccc(F)c3)n2)C1. The molecule has 1 N–H and O–H groups in total. The molecule has 1 saturated carbocycles. The van der Waals surface area contributed by atoms with Crippen LogP contribution < -0.4 is 0 Å². The number of halogens is 1. The summed E-state index contributed by atoms with van der Waals surface area (Å²) < 4.78 is 18.6. The molecule has 1 aliphatic carbocycles. The zero-order valence-corrected chi connectivity index (χ0v) is 11.6. The van der Waals surface area contributed by atoms with E-state index in [0.717, 1.165) is 18.5 Å². The first-order chi connectivity index (χ1) is 10.1. The molecule has 1 aromatic heterocycles. The highest BCUT2D eigenvalue weighted by molar-refractivity contribution is 5.52. The number of likely N-dealkylation sites (tertiary alicyclic amines) is 1. The normalized spacial score (nSPS) is 21.2. The van der Waals surface area contributed by atoms with Crippen LogP contribution in [0.3, 0.4) is 0 Å². The summed E-state index contributed by atoms with van der Waals surface area (Å²) in [6.07, 6.45) is 3.91. The molecule has 0 unspecified atom stereocenters. The van der Waals surface area contributed by atoms with Crippen molar-refractivity contribution >= 4 is 0 Å². The Morgan fingerprint density at radius 2 is 2.19 bits per heavy atom. The summed E-state index contributed by atoms with van der Waals surface area (Å²) in [5.41, 5.74) is 0.973. The lowest BCUT2D eigenvalue weighted by Crippen LogP contribution is -2.62. The van der Waals surface area contributed by atoms with Gasteiger partial charge in [-0.25, -0.2) is 9.37 Å². The van der Waals surface area contributed by atoms with Gasteiger partial charge in [0.15, 0.2) is 0 Å². The Labute approximate surface area is 122 Å². The molecular weight excluding hydrogens is 271 g/mol. The van der Waals surface area contributed by atoms with Crippen molar-refractivity contribution in [3.8, 4) is 11.5 Å². The van der Waals surface area contributed by atoms with Gasteiger partial charge in [-0.05, 0) is 37.0 Å². The van der Waals surface area contributed by atoms with Crippen molar-refractivity contribution in [1.82, 2.24) is 9.88 Å². The van der Waals surface area contributed by atoms with E-state index in [1.165, 1.54) is 12.1 Å². The van der Waals surface area contributed by atoms with E-state index in [1.54, 1.807) is 18.4 Å². The number of oxazole rings is 1. The van der Waals surface area contributed by atoms with Crippen molar-refractivity contribution in [3.05, 3.63) is 42.0 Å². The van der Waals surface area contributed by atoms with E-state index >= 15 is 0 Å². The molecule has 1 aliphatic heterocycles. The van der Waals surface area contributed by atoms with Crippen molar-refractivity contribution in [1.29, 1.82) is 0 Å². The number of β-amino-alcohol motifs (C(OH)–C–C–N with tert-alkyl or cyclic N) is 1. The quantitative estimate of drug-likeness (QED) is 0.939. The largest absolute Gasteiger partial charge is 0.444 e. The minimum atomic E-state index is -0.477. The summed E-state index contributed by atoms with van der Waals surface area (Å²) in [6, 6.07) is 6.21. The van der Waals surface area contributed by atoms with Gasteiger partial charge >= 0.3 is 0 Å². The van der Waals surface area contributed by atoms with Gasteiger partial charge in [-0.1, -0.05) is 6.07 Å². The molecule has 0 radical (unpaired) electrons. The minimum absolute atomic E-state index is 0.301. The average Bonchev–Trinajstić information content (AvgIpc) is 3.18. The van der Waals surface area contributed by atoms with Crippen LogP contribution in [0.15, 0.2) is 34.9 Å². The van der Waals surface area contributed by atoms with Crippen molar-refractivity contribution < 1.29 is 13.9 Å². The van der Waals surface area contributed by atoms with Crippen LogP contribution >= 0.6 is 0 Å². The van der Waals surface area contributed by atoms with Crippen LogP contribution in [0.1, 0.15) is 18.5 Å². The van der Waals surface area contributed by atoms with Crippen LogP contribution in [-0.2, 0) is 6.54 Å². The van der Waals surface area contributed by atoms with E-state index in [0.29, 0.717) is 37.0 Å². The summed E-state index contributed by atoms with van der Waals surface area (Å²) in [7, 11) is 0. The number of hydrogen-bond acceptors (Lipinski definition) is 4. The zero-order chi connectivity index (χ0) is 14.4. The summed E-state index contributed by atoms with van der Waals surface area (Å²) >= 11 is 0. The second-order valence-corrected chi connectivity index (χ2v) is 6.18. The van der Waals surface area contributed by atoms with Gasteiger partial charge in [0.2, 0.25) is 5.89 Å². The summed E-state index contributed by atoms with van der Waals surface area (Å²) in [5.74, 6) is 0.626. The van der Waals surface area contributed by atoms with E-state index in [4.69, 9.17) is 4.42 Å². The van der Waals surface area contributed by atoms with Crippen LogP contribution in [0.2, 0.25) is 0 Å². The second kappa shape index (κ2) is 4.64. The molecule has 21 heavy (non-hydrogen) atoms. The predicted octanol–water partition coefficient (Wildman–Crippen LogP) is 2.44. The number of nitrogens with zero attached hydrogens (tertiary/aromatic N) is 2. The molecule has 110 valence electrons. The van der Waals surface area contributed by atoms with Gasteiger partial charge in [-0.3, -0.25) is 4.90 Å². The fourth-order valence-electron chi connectivity index (χ4n) is 3.08. The van der Waals surface area contributed by atoms with Gasteiger partial charge < -0.3 is 9.52 Å². The Balaban J connectivity index is 1.41. The number of aromatic nitrogens is 1. The van der Waals surface area contributed by atoms with E-state index in [2.05, 4.69) is 9.88 Å². The Kier molecular flexibility index (Phi) is 2.87. The fourth-order valence-corrected chi connectivity index (χ4v) is 3.08. The Morgan fingerprint density at radius 1 is 1.38 bits per heavy atom. The van der Waals surface area contributed by atoms with Crippen molar-refractivity contribution in [2.24, 2.45) is 5.92 Å². The van der Waals surface area contributed by atoms with Gasteiger partial charge in [-0.2, -0.15) is 0 Å². The first-order valence-electron chi connectivity index (χ1n) is 7.27. The lowest BCUT2D eigenvalue weighted by atomic mass is 9.89. The zero-order valence-electron chi connectivity index (χ0n) is 11.6. The molecule has 0 spiro atoms. The third kappa shape index (κ3) is 2.47. The molecule has 4 rings (SSSR count). The van der Waals surface area contributed by atoms with E-state index < -0.39 is 5.60 Å². The third-order valence-corrected chi connectivity index (χ3v) is 4.34. The Bertz CT molecular complexity index is 660. The van der Waals surface area contributed by atoms with Gasteiger partial charge in [0.1, 0.15) is 12.1 Å². The topological polar surface area (TPSA) is 49.5 Å². The number of aliphatic hydroxyl groups is 1. The molecule has 0 amide bonds. The lowest BCUT2D eigenvalue weighted by Gasteiger charge is -2.46. The van der Waals surface area contributed by atoms with E-state index in [1.807, 2.05) is 0 Å². The Hall–Kier alpha value is -1.72. The highest BCUT2D eigenvalue weighted by atomic mass is 19.1. The molecule has 1 aromatic carbocycles. The van der Waals surface area contributed by atoms with Gasteiger partial charge in [0.05, 0.1) is 11.3 Å². The molecule has 2 aromatic rings. The molecule has 1 saturated heterocycles. The molecular formula is C16H17FN2O2. The third-order valence-electron chi connectivity index (χ3n) is 4.34. The minimum Gasteiger partial charge on any atom is -0.444 e. The maximum absolute atomic E-state index is 13.2. The summed E-state index contributed by atoms with van der Waals surface area (Å²) in [4.78, 5) is 6.55. The standard InChI is InChI=1S/C16H17FN2O2/c17-13-3-1-2-11(6-13)15-18-14(8-21-15)7-19-9-16(20,10-19)12-4-5-12/h1-3,6,8,12,20H,4-5,7,9-10H2. The van der Waals surface area contributed by atoms with Gasteiger partial charge in [-0.15, -0.1) is 0 Å². The second-order valence-electron chi connectivity index (χ2n) is 6.18. The van der Waals surface area contributed by atoms with Crippen LogP contribution in [0.4, 0.5) is 4.39 Å². The molecule has 2 aliphatic rings. The predicted molar refractivity (Wildman–Crippen MR) is 74.8 cm³/mol. The maximum Gasteiger partial charge on any atom is 0.226 e. The van der Waals surface area contributed by atoms with Gasteiger partial charge in [0.25, 0.3) is 0 Å². The van der Waals surface area contributed by atoms with Crippen LogP contribution in [0.5, 0.6) is 0 Å². The maximum atomic E-state index is 13.2. The number of benzene rings is 1. The fraction of sp³-hybridized carbons (Fsp3) is 0.438. The van der Waals surface area contributed by atoms with Crippen LogP contribution in [-0.4, -0.2) is 33.7 Å². The highest BCUT2D eigenvalue weighted by Gasteiger charge is 2.51. The van der Waals surface area contributed by atoms with Crippen molar-refractivity contribution in [2.45, 2.75) is 25.0 Å². The number of rotatable bonds is 4. The van der Waals surface area contributed by atoms with Crippen LogP contribution in [0.25, 0.3) is 11.5 Å². The average molecular weight is 288 g/mol. The summed E-state index contributed by atoms with van der Waals surface area (Å²) in [5, 5.41) is 10.3. The molecule has 0 bridgehead atoms. The smallest absolute Gasteiger partial charge is 0.226 e. The van der Waals surface area contributed by atoms with Crippen LogP contribution in [0, 0.1) is 11.7 Å². The molecule has 2 heterocycles. The Morgan fingerprint density at radius 3 is 2.90 bits per heavy atom. The molecule has 2 fully saturated rings. The van der Waals surface area contributed by atoms with Crippen molar-refractivity contribution in [2.75, 3.05) is 13.1 Å². The van der Waals surface area contributed by atoms with Gasteiger partial charge in [0, 0.05) is 25.2 Å². The van der Waals surface area contributed by atoms with E-state index in [-0.39, 0.29) is 5.82 Å². The monoisotopic (exact) mass is 288 g/mol. The highest BCUT2D eigenvalue weighted by Crippen LogP contribution is 2.44. The first-order valence-corrected chi connectivity index (χ1v) is 7.27. The number of hydrogen-bond donors (Lipinski definition) is 1. The van der Waals surface area contributed by atoms with E-state index in [9.17, 15) is 9.50 Å². The lowest BCUT2D eigenvalue weighted by molar-refractivity contribution is -0.117. The molecule has 5 heteroatoms.